The molecule has 0 aromatic heterocycles. The molecule has 0 radical (unpaired) electrons. The van der Waals surface area contributed by atoms with Crippen LogP contribution in [0.3, 0.4) is 0 Å². The number of aryl methyl sites for hydroxylation is 1. The van der Waals surface area contributed by atoms with Gasteiger partial charge in [-0.1, -0.05) is 16.8 Å². The molecular formula is C9H11NO2. The summed E-state index contributed by atoms with van der Waals surface area (Å²) in [6, 6.07) is 5.15. The zero-order valence-corrected chi connectivity index (χ0v) is 7.07. The highest BCUT2D eigenvalue weighted by atomic mass is 16.4. The lowest BCUT2D eigenvalue weighted by Crippen LogP contribution is -1.95. The molecule has 0 bridgehead atoms. The van der Waals surface area contributed by atoms with Crippen LogP contribution in [0.2, 0.25) is 0 Å². The zero-order chi connectivity index (χ0) is 9.14. The van der Waals surface area contributed by atoms with Crippen molar-refractivity contribution in [3.63, 3.8) is 0 Å². The van der Waals surface area contributed by atoms with Crippen LogP contribution in [0.15, 0.2) is 23.4 Å². The van der Waals surface area contributed by atoms with Crippen LogP contribution in [-0.2, 0) is 0 Å². The molecule has 2 N–H and O–H groups in total. The molecule has 1 aromatic carbocycles. The van der Waals surface area contributed by atoms with E-state index in [0.717, 1.165) is 5.56 Å². The summed E-state index contributed by atoms with van der Waals surface area (Å²) in [5, 5.41) is 20.8. The molecule has 0 fully saturated rings. The van der Waals surface area contributed by atoms with Crippen molar-refractivity contribution in [3.8, 4) is 5.75 Å². The summed E-state index contributed by atoms with van der Waals surface area (Å²) in [7, 11) is 0. The second-order valence-electron chi connectivity index (χ2n) is 2.71. The molecule has 0 aliphatic heterocycles. The van der Waals surface area contributed by atoms with Gasteiger partial charge in [0.15, 0.2) is 0 Å². The first-order valence-electron chi connectivity index (χ1n) is 3.64. The van der Waals surface area contributed by atoms with Gasteiger partial charge in [-0.3, -0.25) is 0 Å². The number of benzene rings is 1. The smallest absolute Gasteiger partial charge is 0.124 e. The number of phenols is 1. The second kappa shape index (κ2) is 3.26. The molecule has 0 spiro atoms. The average Bonchev–Trinajstić information content (AvgIpc) is 2.08. The first-order valence-corrected chi connectivity index (χ1v) is 3.64. The minimum Gasteiger partial charge on any atom is -0.507 e. The maximum atomic E-state index is 9.34. The van der Waals surface area contributed by atoms with Gasteiger partial charge in [-0.2, -0.15) is 0 Å². The number of phenolic OH excluding ortho intramolecular Hbond substituents is 1. The van der Waals surface area contributed by atoms with Crippen LogP contribution in [0.1, 0.15) is 18.1 Å². The molecule has 0 saturated heterocycles. The van der Waals surface area contributed by atoms with Gasteiger partial charge in [-0.05, 0) is 26.0 Å². The van der Waals surface area contributed by atoms with Crippen LogP contribution in [0.4, 0.5) is 0 Å². The van der Waals surface area contributed by atoms with Gasteiger partial charge in [0.25, 0.3) is 0 Å². The Morgan fingerprint density at radius 1 is 1.42 bits per heavy atom. The van der Waals surface area contributed by atoms with Crippen molar-refractivity contribution >= 4 is 5.71 Å². The lowest BCUT2D eigenvalue weighted by molar-refractivity contribution is 0.318. The van der Waals surface area contributed by atoms with Gasteiger partial charge >= 0.3 is 0 Å². The van der Waals surface area contributed by atoms with Crippen LogP contribution in [-0.4, -0.2) is 16.0 Å². The minimum atomic E-state index is 0.135. The zero-order valence-electron chi connectivity index (χ0n) is 7.07. The van der Waals surface area contributed by atoms with E-state index in [1.165, 1.54) is 0 Å². The summed E-state index contributed by atoms with van der Waals surface area (Å²) in [6.07, 6.45) is 0. The highest BCUT2D eigenvalue weighted by molar-refractivity contribution is 6.00. The molecule has 0 heterocycles. The summed E-state index contributed by atoms with van der Waals surface area (Å²) in [5.74, 6) is 0.135. The normalized spacial score (nSPS) is 11.7. The van der Waals surface area contributed by atoms with Crippen LogP contribution < -0.4 is 0 Å². The molecule has 0 saturated carbocycles. The number of hydrogen-bond acceptors (Lipinski definition) is 3. The molecule has 0 unspecified atom stereocenters. The van der Waals surface area contributed by atoms with Crippen molar-refractivity contribution in [3.05, 3.63) is 29.3 Å². The Kier molecular flexibility index (Phi) is 2.33. The van der Waals surface area contributed by atoms with E-state index in [-0.39, 0.29) is 5.75 Å². The van der Waals surface area contributed by atoms with Crippen LogP contribution in [0.25, 0.3) is 0 Å². The number of aromatic hydroxyl groups is 1. The Bertz CT molecular complexity index is 318. The van der Waals surface area contributed by atoms with Gasteiger partial charge in [0.05, 0.1) is 5.71 Å². The monoisotopic (exact) mass is 165 g/mol. The topological polar surface area (TPSA) is 52.8 Å². The van der Waals surface area contributed by atoms with Crippen molar-refractivity contribution in [2.24, 2.45) is 5.16 Å². The minimum absolute atomic E-state index is 0.135. The fourth-order valence-electron chi connectivity index (χ4n) is 0.994. The Labute approximate surface area is 71.0 Å². The van der Waals surface area contributed by atoms with Gasteiger partial charge in [0.1, 0.15) is 5.75 Å². The molecule has 3 heteroatoms. The Balaban J connectivity index is 3.23. The van der Waals surface area contributed by atoms with E-state index >= 15 is 0 Å². The Morgan fingerprint density at radius 2 is 2.08 bits per heavy atom. The summed E-state index contributed by atoms with van der Waals surface area (Å²) in [6.45, 7) is 3.54. The van der Waals surface area contributed by atoms with Gasteiger partial charge in [-0.25, -0.2) is 0 Å². The molecule has 12 heavy (non-hydrogen) atoms. The number of nitrogens with zero attached hydrogens (tertiary/aromatic N) is 1. The van der Waals surface area contributed by atoms with Crippen molar-refractivity contribution in [1.82, 2.24) is 0 Å². The molecular weight excluding hydrogens is 154 g/mol. The largest absolute Gasteiger partial charge is 0.507 e. The van der Waals surface area contributed by atoms with E-state index in [1.54, 1.807) is 25.1 Å². The standard InChI is InChI=1S/C9H11NO2/c1-6-3-4-9(11)8(5-6)7(2)10-12/h3-5,11-12H,1-2H3/b10-7+. The van der Waals surface area contributed by atoms with E-state index in [0.29, 0.717) is 11.3 Å². The maximum absolute atomic E-state index is 9.34. The lowest BCUT2D eigenvalue weighted by Gasteiger charge is -2.02. The van der Waals surface area contributed by atoms with E-state index in [9.17, 15) is 5.11 Å². The molecule has 1 rings (SSSR count). The predicted molar refractivity (Wildman–Crippen MR) is 46.8 cm³/mol. The van der Waals surface area contributed by atoms with Crippen molar-refractivity contribution in [1.29, 1.82) is 0 Å². The first-order chi connectivity index (χ1) is 5.65. The molecule has 0 aliphatic carbocycles. The molecule has 64 valence electrons. The van der Waals surface area contributed by atoms with Gasteiger partial charge in [-0.15, -0.1) is 0 Å². The van der Waals surface area contributed by atoms with E-state index < -0.39 is 0 Å². The summed E-state index contributed by atoms with van der Waals surface area (Å²) >= 11 is 0. The highest BCUT2D eigenvalue weighted by Gasteiger charge is 2.04. The molecule has 0 amide bonds. The summed E-state index contributed by atoms with van der Waals surface area (Å²) in [5.41, 5.74) is 2.00. The van der Waals surface area contributed by atoms with Gasteiger partial charge in [0.2, 0.25) is 0 Å². The van der Waals surface area contributed by atoms with E-state index in [2.05, 4.69) is 5.16 Å². The third kappa shape index (κ3) is 1.56. The molecule has 0 atom stereocenters. The van der Waals surface area contributed by atoms with Crippen molar-refractivity contribution in [2.45, 2.75) is 13.8 Å². The molecule has 3 nitrogen and oxygen atoms in total. The van der Waals surface area contributed by atoms with E-state index in [1.807, 2.05) is 6.92 Å². The third-order valence-corrected chi connectivity index (χ3v) is 1.69. The summed E-state index contributed by atoms with van der Waals surface area (Å²) in [4.78, 5) is 0. The van der Waals surface area contributed by atoms with Crippen LogP contribution in [0.5, 0.6) is 5.75 Å². The van der Waals surface area contributed by atoms with Gasteiger partial charge < -0.3 is 10.3 Å². The van der Waals surface area contributed by atoms with Crippen LogP contribution >= 0.6 is 0 Å². The fraction of sp³-hybridized carbons (Fsp3) is 0.222. The van der Waals surface area contributed by atoms with E-state index in [4.69, 9.17) is 5.21 Å². The third-order valence-electron chi connectivity index (χ3n) is 1.69. The first kappa shape index (κ1) is 8.59. The molecule has 0 aliphatic rings. The predicted octanol–water partition coefficient (Wildman–Crippen LogP) is 1.90. The fourth-order valence-corrected chi connectivity index (χ4v) is 0.994. The van der Waals surface area contributed by atoms with Crippen molar-refractivity contribution in [2.75, 3.05) is 0 Å². The maximum Gasteiger partial charge on any atom is 0.124 e. The highest BCUT2D eigenvalue weighted by Crippen LogP contribution is 2.18. The number of hydrogen-bond donors (Lipinski definition) is 2. The number of oxime groups is 1. The second-order valence-corrected chi connectivity index (χ2v) is 2.71. The van der Waals surface area contributed by atoms with Crippen molar-refractivity contribution < 1.29 is 10.3 Å². The SMILES string of the molecule is C/C(=N\O)c1cc(C)ccc1O. The van der Waals surface area contributed by atoms with Gasteiger partial charge in [0, 0.05) is 5.56 Å². The number of rotatable bonds is 1. The Hall–Kier alpha value is -1.51. The lowest BCUT2D eigenvalue weighted by atomic mass is 10.1. The quantitative estimate of drug-likeness (QED) is 0.379. The Morgan fingerprint density at radius 3 is 2.67 bits per heavy atom. The molecule has 1 aromatic rings. The summed E-state index contributed by atoms with van der Waals surface area (Å²) < 4.78 is 0. The van der Waals surface area contributed by atoms with Crippen LogP contribution in [0, 0.1) is 6.92 Å². The average molecular weight is 165 g/mol.